The van der Waals surface area contributed by atoms with E-state index in [1.54, 1.807) is 0 Å². The SMILES string of the molecule is Cc1cc(C(=O)CN2CCCOC(C)C2)c(C)n1C. The van der Waals surface area contributed by atoms with Gasteiger partial charge in [-0.3, -0.25) is 9.69 Å². The minimum Gasteiger partial charge on any atom is -0.377 e. The van der Waals surface area contributed by atoms with E-state index in [4.69, 9.17) is 4.74 Å². The number of aromatic nitrogens is 1. The molecule has 0 amide bonds. The molecule has 1 aromatic rings. The molecule has 1 unspecified atom stereocenters. The Morgan fingerprint density at radius 3 is 2.84 bits per heavy atom. The van der Waals surface area contributed by atoms with Crippen LogP contribution >= 0.6 is 0 Å². The van der Waals surface area contributed by atoms with Crippen LogP contribution in [0, 0.1) is 13.8 Å². The first-order valence-corrected chi connectivity index (χ1v) is 6.99. The van der Waals surface area contributed by atoms with E-state index in [1.165, 1.54) is 0 Å². The Balaban J connectivity index is 2.05. The molecule has 2 rings (SSSR count). The topological polar surface area (TPSA) is 34.5 Å². The van der Waals surface area contributed by atoms with Crippen molar-refractivity contribution < 1.29 is 9.53 Å². The first kappa shape index (κ1) is 14.3. The standard InChI is InChI=1S/C15H24N2O2/c1-11-8-14(13(3)16(11)4)15(18)10-17-6-5-7-19-12(2)9-17/h8,12H,5-7,9-10H2,1-4H3. The fraction of sp³-hybridized carbons (Fsp3) is 0.667. The average Bonchev–Trinajstić information content (AvgIpc) is 2.55. The van der Waals surface area contributed by atoms with Crippen molar-refractivity contribution in [3.8, 4) is 0 Å². The van der Waals surface area contributed by atoms with Gasteiger partial charge in [0.05, 0.1) is 12.6 Å². The van der Waals surface area contributed by atoms with Crippen molar-refractivity contribution in [1.29, 1.82) is 0 Å². The molecule has 2 heterocycles. The zero-order valence-electron chi connectivity index (χ0n) is 12.4. The molecule has 0 bridgehead atoms. The van der Waals surface area contributed by atoms with Gasteiger partial charge < -0.3 is 9.30 Å². The molecular weight excluding hydrogens is 240 g/mol. The molecule has 0 spiro atoms. The van der Waals surface area contributed by atoms with Gasteiger partial charge >= 0.3 is 0 Å². The van der Waals surface area contributed by atoms with Gasteiger partial charge in [-0.2, -0.15) is 0 Å². The largest absolute Gasteiger partial charge is 0.377 e. The number of Topliss-reactive ketones (excluding diaryl/α,β-unsaturated/α-hetero) is 1. The van der Waals surface area contributed by atoms with Crippen LogP contribution in [0.2, 0.25) is 0 Å². The molecule has 0 saturated carbocycles. The smallest absolute Gasteiger partial charge is 0.178 e. The normalized spacial score (nSPS) is 21.4. The van der Waals surface area contributed by atoms with E-state index in [0.29, 0.717) is 6.54 Å². The number of ether oxygens (including phenoxy) is 1. The van der Waals surface area contributed by atoms with Crippen molar-refractivity contribution in [1.82, 2.24) is 9.47 Å². The van der Waals surface area contributed by atoms with Gasteiger partial charge in [0, 0.05) is 43.7 Å². The number of nitrogens with zero attached hydrogens (tertiary/aromatic N) is 2. The Kier molecular flexibility index (Phi) is 4.42. The van der Waals surface area contributed by atoms with Gasteiger partial charge in [-0.25, -0.2) is 0 Å². The molecular formula is C15H24N2O2. The van der Waals surface area contributed by atoms with Gasteiger partial charge in [-0.1, -0.05) is 0 Å². The number of hydrogen-bond acceptors (Lipinski definition) is 3. The second kappa shape index (κ2) is 5.88. The van der Waals surface area contributed by atoms with Crippen LogP contribution < -0.4 is 0 Å². The number of ketones is 1. The first-order valence-electron chi connectivity index (χ1n) is 6.99. The van der Waals surface area contributed by atoms with Crippen LogP contribution in [0.15, 0.2) is 6.07 Å². The highest BCUT2D eigenvalue weighted by molar-refractivity contribution is 5.99. The van der Waals surface area contributed by atoms with Crippen LogP contribution in [-0.2, 0) is 11.8 Å². The van der Waals surface area contributed by atoms with E-state index in [0.717, 1.165) is 43.1 Å². The number of carbonyl (C=O) groups excluding carboxylic acids is 1. The predicted octanol–water partition coefficient (Wildman–Crippen LogP) is 1.94. The summed E-state index contributed by atoms with van der Waals surface area (Å²) in [5.74, 6) is 0.218. The Morgan fingerprint density at radius 1 is 1.47 bits per heavy atom. The lowest BCUT2D eigenvalue weighted by Gasteiger charge is -2.20. The molecule has 0 aromatic carbocycles. The molecule has 0 aliphatic carbocycles. The van der Waals surface area contributed by atoms with E-state index in [1.807, 2.05) is 27.0 Å². The summed E-state index contributed by atoms with van der Waals surface area (Å²) in [6.45, 7) is 9.20. The summed E-state index contributed by atoms with van der Waals surface area (Å²) in [5.41, 5.74) is 3.05. The number of aryl methyl sites for hydroxylation is 1. The summed E-state index contributed by atoms with van der Waals surface area (Å²) < 4.78 is 7.68. The van der Waals surface area contributed by atoms with Crippen LogP contribution in [0.25, 0.3) is 0 Å². The van der Waals surface area contributed by atoms with Gasteiger partial charge in [-0.15, -0.1) is 0 Å². The predicted molar refractivity (Wildman–Crippen MR) is 75.7 cm³/mol. The Hall–Kier alpha value is -1.13. The quantitative estimate of drug-likeness (QED) is 0.782. The third-order valence-corrected chi connectivity index (χ3v) is 3.98. The van der Waals surface area contributed by atoms with Crippen molar-refractivity contribution in [2.24, 2.45) is 7.05 Å². The lowest BCUT2D eigenvalue weighted by atomic mass is 10.1. The number of hydrogen-bond donors (Lipinski definition) is 0. The molecule has 19 heavy (non-hydrogen) atoms. The van der Waals surface area contributed by atoms with Crippen molar-refractivity contribution in [3.05, 3.63) is 23.0 Å². The van der Waals surface area contributed by atoms with Crippen molar-refractivity contribution in [2.45, 2.75) is 33.3 Å². The molecule has 1 aliphatic rings. The molecule has 106 valence electrons. The summed E-state index contributed by atoms with van der Waals surface area (Å²) in [4.78, 5) is 14.6. The second-order valence-electron chi connectivity index (χ2n) is 5.54. The Morgan fingerprint density at radius 2 is 2.21 bits per heavy atom. The molecule has 0 N–H and O–H groups in total. The summed E-state index contributed by atoms with van der Waals surface area (Å²) in [7, 11) is 2.00. The van der Waals surface area contributed by atoms with Gasteiger partial charge in [0.1, 0.15) is 0 Å². The van der Waals surface area contributed by atoms with E-state index in [-0.39, 0.29) is 11.9 Å². The van der Waals surface area contributed by atoms with Crippen molar-refractivity contribution in [3.63, 3.8) is 0 Å². The fourth-order valence-electron chi connectivity index (χ4n) is 2.65. The number of carbonyl (C=O) groups is 1. The molecule has 1 atom stereocenters. The summed E-state index contributed by atoms with van der Waals surface area (Å²) in [5, 5.41) is 0. The Labute approximate surface area is 115 Å². The van der Waals surface area contributed by atoms with Crippen LogP contribution in [0.1, 0.15) is 35.1 Å². The van der Waals surface area contributed by atoms with Crippen LogP contribution in [0.3, 0.4) is 0 Å². The molecule has 0 radical (unpaired) electrons. The van der Waals surface area contributed by atoms with Gasteiger partial charge in [0.15, 0.2) is 5.78 Å². The summed E-state index contributed by atoms with van der Waals surface area (Å²) in [6.07, 6.45) is 1.22. The average molecular weight is 264 g/mol. The minimum absolute atomic E-state index is 0.217. The van der Waals surface area contributed by atoms with E-state index in [2.05, 4.69) is 16.4 Å². The third kappa shape index (κ3) is 3.25. The van der Waals surface area contributed by atoms with Gasteiger partial charge in [0.25, 0.3) is 0 Å². The highest BCUT2D eigenvalue weighted by atomic mass is 16.5. The van der Waals surface area contributed by atoms with Gasteiger partial charge in [0.2, 0.25) is 0 Å². The fourth-order valence-corrected chi connectivity index (χ4v) is 2.65. The van der Waals surface area contributed by atoms with E-state index in [9.17, 15) is 4.79 Å². The summed E-state index contributed by atoms with van der Waals surface area (Å²) >= 11 is 0. The first-order chi connectivity index (χ1) is 8.99. The lowest BCUT2D eigenvalue weighted by Crippen LogP contribution is -2.34. The highest BCUT2D eigenvalue weighted by Crippen LogP contribution is 2.15. The molecule has 1 saturated heterocycles. The lowest BCUT2D eigenvalue weighted by molar-refractivity contribution is 0.0657. The molecule has 1 aromatic heterocycles. The maximum atomic E-state index is 12.4. The zero-order chi connectivity index (χ0) is 14.0. The Bertz CT molecular complexity index is 465. The molecule has 1 fully saturated rings. The van der Waals surface area contributed by atoms with E-state index < -0.39 is 0 Å². The highest BCUT2D eigenvalue weighted by Gasteiger charge is 2.20. The molecule has 4 heteroatoms. The van der Waals surface area contributed by atoms with E-state index >= 15 is 0 Å². The van der Waals surface area contributed by atoms with Gasteiger partial charge in [-0.05, 0) is 33.3 Å². The van der Waals surface area contributed by atoms with Crippen LogP contribution in [-0.4, -0.2) is 47.6 Å². The van der Waals surface area contributed by atoms with Crippen molar-refractivity contribution >= 4 is 5.78 Å². The molecule has 4 nitrogen and oxygen atoms in total. The number of rotatable bonds is 3. The minimum atomic E-state index is 0.217. The van der Waals surface area contributed by atoms with Crippen LogP contribution in [0.4, 0.5) is 0 Å². The summed E-state index contributed by atoms with van der Waals surface area (Å²) in [6, 6.07) is 2.00. The monoisotopic (exact) mass is 264 g/mol. The third-order valence-electron chi connectivity index (χ3n) is 3.98. The maximum Gasteiger partial charge on any atom is 0.178 e. The van der Waals surface area contributed by atoms with Crippen molar-refractivity contribution in [2.75, 3.05) is 26.2 Å². The maximum absolute atomic E-state index is 12.4. The molecule has 1 aliphatic heterocycles. The second-order valence-corrected chi connectivity index (χ2v) is 5.54. The van der Waals surface area contributed by atoms with Crippen LogP contribution in [0.5, 0.6) is 0 Å². The zero-order valence-corrected chi connectivity index (χ0v) is 12.4.